The minimum Gasteiger partial charge on any atom is -0.478 e. The number of benzene rings is 2. The Morgan fingerprint density at radius 3 is 2.35 bits per heavy atom. The van der Waals surface area contributed by atoms with Gasteiger partial charge in [0.1, 0.15) is 0 Å². The Bertz CT molecular complexity index is 787. The fourth-order valence-corrected chi connectivity index (χ4v) is 2.15. The summed E-state index contributed by atoms with van der Waals surface area (Å²) >= 11 is 0. The molecule has 0 heterocycles. The number of rotatable bonds is 7. The van der Waals surface area contributed by atoms with E-state index in [0.29, 0.717) is 17.9 Å². The zero-order chi connectivity index (χ0) is 18.9. The summed E-state index contributed by atoms with van der Waals surface area (Å²) in [5, 5.41) is 14.2. The SMILES string of the molecule is CCCCOC(=O)c1ccc(NC(=O)Nc2ccccc2C(=O)O)cc1. The van der Waals surface area contributed by atoms with Crippen LogP contribution in [0.4, 0.5) is 16.2 Å². The molecule has 3 N–H and O–H groups in total. The molecule has 2 amide bonds. The summed E-state index contributed by atoms with van der Waals surface area (Å²) < 4.78 is 5.11. The number of ether oxygens (including phenoxy) is 1. The molecule has 2 aromatic carbocycles. The minimum absolute atomic E-state index is 0.00665. The first-order chi connectivity index (χ1) is 12.5. The Morgan fingerprint density at radius 1 is 1.00 bits per heavy atom. The molecule has 7 nitrogen and oxygen atoms in total. The highest BCUT2D eigenvalue weighted by molar-refractivity contribution is 6.04. The maximum Gasteiger partial charge on any atom is 0.338 e. The number of esters is 1. The van der Waals surface area contributed by atoms with Gasteiger partial charge in [-0.2, -0.15) is 0 Å². The lowest BCUT2D eigenvalue weighted by Gasteiger charge is -2.10. The van der Waals surface area contributed by atoms with Crippen LogP contribution in [-0.4, -0.2) is 29.7 Å². The van der Waals surface area contributed by atoms with E-state index in [1.165, 1.54) is 12.1 Å². The van der Waals surface area contributed by atoms with Gasteiger partial charge in [0.2, 0.25) is 0 Å². The van der Waals surface area contributed by atoms with Crippen LogP contribution in [0.25, 0.3) is 0 Å². The van der Waals surface area contributed by atoms with E-state index in [-0.39, 0.29) is 11.3 Å². The van der Waals surface area contributed by atoms with Crippen LogP contribution in [0.1, 0.15) is 40.5 Å². The van der Waals surface area contributed by atoms with Gasteiger partial charge in [-0.1, -0.05) is 25.5 Å². The quantitative estimate of drug-likeness (QED) is 0.514. The number of carbonyl (C=O) groups excluding carboxylic acids is 2. The van der Waals surface area contributed by atoms with Crippen LogP contribution in [0.2, 0.25) is 0 Å². The molecule has 2 rings (SSSR count). The van der Waals surface area contributed by atoms with Crippen molar-refractivity contribution in [2.75, 3.05) is 17.2 Å². The molecular weight excluding hydrogens is 336 g/mol. The average molecular weight is 356 g/mol. The summed E-state index contributed by atoms with van der Waals surface area (Å²) in [6.45, 7) is 2.38. The standard InChI is InChI=1S/C19H20N2O5/c1-2-3-12-26-18(24)13-8-10-14(11-9-13)20-19(25)21-16-7-5-4-6-15(16)17(22)23/h4-11H,2-3,12H2,1H3,(H,22,23)(H2,20,21,25). The highest BCUT2D eigenvalue weighted by Gasteiger charge is 2.12. The molecule has 0 spiro atoms. The topological polar surface area (TPSA) is 105 Å². The van der Waals surface area contributed by atoms with Crippen molar-refractivity contribution < 1.29 is 24.2 Å². The maximum atomic E-state index is 12.0. The molecule has 26 heavy (non-hydrogen) atoms. The van der Waals surface area contributed by atoms with Crippen molar-refractivity contribution in [2.24, 2.45) is 0 Å². The van der Waals surface area contributed by atoms with Crippen molar-refractivity contribution in [3.05, 3.63) is 59.7 Å². The zero-order valence-corrected chi connectivity index (χ0v) is 14.3. The number of urea groups is 1. The van der Waals surface area contributed by atoms with E-state index in [2.05, 4.69) is 10.6 Å². The number of para-hydroxylation sites is 1. The van der Waals surface area contributed by atoms with E-state index < -0.39 is 18.0 Å². The number of carbonyl (C=O) groups is 3. The lowest BCUT2D eigenvalue weighted by atomic mass is 10.2. The number of hydrogen-bond donors (Lipinski definition) is 3. The highest BCUT2D eigenvalue weighted by atomic mass is 16.5. The number of amides is 2. The molecule has 0 aliphatic heterocycles. The van der Waals surface area contributed by atoms with Gasteiger partial charge in [-0.15, -0.1) is 0 Å². The monoisotopic (exact) mass is 356 g/mol. The van der Waals surface area contributed by atoms with Crippen molar-refractivity contribution >= 4 is 29.3 Å². The molecule has 0 atom stereocenters. The third-order valence-electron chi connectivity index (χ3n) is 3.52. The van der Waals surface area contributed by atoms with Gasteiger partial charge in [0.25, 0.3) is 0 Å². The van der Waals surface area contributed by atoms with Crippen LogP contribution in [-0.2, 0) is 4.74 Å². The molecule has 0 aliphatic rings. The van der Waals surface area contributed by atoms with Crippen LogP contribution >= 0.6 is 0 Å². The molecule has 0 bridgehead atoms. The maximum absolute atomic E-state index is 12.0. The lowest BCUT2D eigenvalue weighted by molar-refractivity contribution is 0.0499. The van der Waals surface area contributed by atoms with E-state index in [1.807, 2.05) is 6.92 Å². The number of nitrogens with one attached hydrogen (secondary N) is 2. The Balaban J connectivity index is 1.95. The predicted molar refractivity (Wildman–Crippen MR) is 97.7 cm³/mol. The summed E-state index contributed by atoms with van der Waals surface area (Å²) in [4.78, 5) is 35.0. The molecule has 7 heteroatoms. The fourth-order valence-electron chi connectivity index (χ4n) is 2.15. The van der Waals surface area contributed by atoms with Crippen LogP contribution < -0.4 is 10.6 Å². The molecule has 0 saturated carbocycles. The number of carboxylic acid groups (broad SMARTS) is 1. The van der Waals surface area contributed by atoms with Gasteiger partial charge >= 0.3 is 18.0 Å². The van der Waals surface area contributed by atoms with Crippen LogP contribution in [0.3, 0.4) is 0 Å². The second kappa shape index (κ2) is 9.22. The Kier molecular flexibility index (Phi) is 6.73. The Hall–Kier alpha value is -3.35. The first-order valence-corrected chi connectivity index (χ1v) is 8.18. The molecule has 0 aliphatic carbocycles. The van der Waals surface area contributed by atoms with Crippen LogP contribution in [0, 0.1) is 0 Å². The first-order valence-electron chi connectivity index (χ1n) is 8.18. The largest absolute Gasteiger partial charge is 0.478 e. The van der Waals surface area contributed by atoms with Gasteiger partial charge in [-0.05, 0) is 42.8 Å². The van der Waals surface area contributed by atoms with Crippen molar-refractivity contribution in [3.63, 3.8) is 0 Å². The van der Waals surface area contributed by atoms with Gasteiger partial charge in [0.05, 0.1) is 23.4 Å². The molecule has 136 valence electrons. The summed E-state index contributed by atoms with van der Waals surface area (Å²) in [5.74, 6) is -1.54. The number of unbranched alkanes of at least 4 members (excludes halogenated alkanes) is 1. The van der Waals surface area contributed by atoms with Gasteiger partial charge in [-0.3, -0.25) is 0 Å². The van der Waals surface area contributed by atoms with Gasteiger partial charge in [-0.25, -0.2) is 14.4 Å². The van der Waals surface area contributed by atoms with Gasteiger partial charge in [0.15, 0.2) is 0 Å². The second-order valence-corrected chi connectivity index (χ2v) is 5.50. The molecular formula is C19H20N2O5. The summed E-state index contributed by atoms with van der Waals surface area (Å²) in [6.07, 6.45) is 1.75. The van der Waals surface area contributed by atoms with E-state index >= 15 is 0 Å². The number of carboxylic acids is 1. The van der Waals surface area contributed by atoms with Crippen LogP contribution in [0.15, 0.2) is 48.5 Å². The molecule has 0 radical (unpaired) electrons. The van der Waals surface area contributed by atoms with Crippen LogP contribution in [0.5, 0.6) is 0 Å². The molecule has 0 fully saturated rings. The Labute approximate surface area is 151 Å². The summed E-state index contributed by atoms with van der Waals surface area (Å²) in [6, 6.07) is 11.8. The van der Waals surface area contributed by atoms with E-state index in [1.54, 1.807) is 36.4 Å². The van der Waals surface area contributed by atoms with Crippen molar-refractivity contribution in [1.29, 1.82) is 0 Å². The summed E-state index contributed by atoms with van der Waals surface area (Å²) in [5.41, 5.74) is 1.03. The Morgan fingerprint density at radius 2 is 1.69 bits per heavy atom. The molecule has 0 unspecified atom stereocenters. The number of anilines is 2. The molecule has 0 saturated heterocycles. The average Bonchev–Trinajstić information content (AvgIpc) is 2.62. The zero-order valence-electron chi connectivity index (χ0n) is 14.3. The number of hydrogen-bond acceptors (Lipinski definition) is 4. The van der Waals surface area contributed by atoms with Crippen molar-refractivity contribution in [3.8, 4) is 0 Å². The lowest BCUT2D eigenvalue weighted by Crippen LogP contribution is -2.21. The molecule has 0 aromatic heterocycles. The van der Waals surface area contributed by atoms with Crippen molar-refractivity contribution in [1.82, 2.24) is 0 Å². The first kappa shape index (κ1) is 19.0. The molecule has 2 aromatic rings. The van der Waals surface area contributed by atoms with Gasteiger partial charge < -0.3 is 20.5 Å². The smallest absolute Gasteiger partial charge is 0.338 e. The predicted octanol–water partition coefficient (Wildman–Crippen LogP) is 3.99. The summed E-state index contributed by atoms with van der Waals surface area (Å²) in [7, 11) is 0. The van der Waals surface area contributed by atoms with E-state index in [9.17, 15) is 14.4 Å². The van der Waals surface area contributed by atoms with E-state index in [0.717, 1.165) is 12.8 Å². The van der Waals surface area contributed by atoms with Crippen molar-refractivity contribution in [2.45, 2.75) is 19.8 Å². The third-order valence-corrected chi connectivity index (χ3v) is 3.52. The third kappa shape index (κ3) is 5.34. The second-order valence-electron chi connectivity index (χ2n) is 5.50. The fraction of sp³-hybridized carbons (Fsp3) is 0.211. The number of aromatic carboxylic acids is 1. The highest BCUT2D eigenvalue weighted by Crippen LogP contribution is 2.16. The normalized spacial score (nSPS) is 10.0. The van der Waals surface area contributed by atoms with Gasteiger partial charge in [0, 0.05) is 5.69 Å². The van der Waals surface area contributed by atoms with E-state index in [4.69, 9.17) is 9.84 Å². The minimum atomic E-state index is -1.13.